The monoisotopic (exact) mass is 215 g/mol. The van der Waals surface area contributed by atoms with Crippen molar-refractivity contribution >= 4 is 5.91 Å². The lowest BCUT2D eigenvalue weighted by Gasteiger charge is -2.26. The number of likely N-dealkylation sites (N-methyl/N-ethyl adjacent to an activating group) is 1. The zero-order chi connectivity index (χ0) is 11.3. The summed E-state index contributed by atoms with van der Waals surface area (Å²) >= 11 is 0. The lowest BCUT2D eigenvalue weighted by molar-refractivity contribution is -0.135. The zero-order valence-corrected chi connectivity index (χ0v) is 9.61. The quantitative estimate of drug-likeness (QED) is 0.662. The Labute approximate surface area is 91.2 Å². The Bertz CT molecular complexity index is 209. The molecule has 1 rings (SSSR count). The number of rotatable bonds is 4. The maximum absolute atomic E-state index is 12.0. The van der Waals surface area contributed by atoms with Gasteiger partial charge in [-0.15, -0.1) is 0 Å². The predicted molar refractivity (Wildman–Crippen MR) is 58.5 cm³/mol. The summed E-state index contributed by atoms with van der Waals surface area (Å²) in [5, 5.41) is 0. The van der Waals surface area contributed by atoms with E-state index in [4.69, 9.17) is 10.5 Å². The van der Waals surface area contributed by atoms with E-state index in [1.165, 1.54) is 0 Å². The highest BCUT2D eigenvalue weighted by atomic mass is 16.5. The summed E-state index contributed by atoms with van der Waals surface area (Å²) in [7, 11) is 3.60. The Morgan fingerprint density at radius 1 is 1.53 bits per heavy atom. The summed E-state index contributed by atoms with van der Waals surface area (Å²) in [4.78, 5) is 15.9. The van der Waals surface area contributed by atoms with Crippen molar-refractivity contribution in [3.8, 4) is 0 Å². The molecule has 0 aliphatic carbocycles. The normalized spacial score (nSPS) is 24.3. The molecule has 1 saturated heterocycles. The van der Waals surface area contributed by atoms with E-state index in [2.05, 4.69) is 0 Å². The molecular formula is C10H21N3O2. The molecule has 1 aliphatic rings. The molecule has 1 fully saturated rings. The maximum Gasteiger partial charge on any atom is 0.241 e. The first-order valence-corrected chi connectivity index (χ1v) is 5.38. The van der Waals surface area contributed by atoms with Crippen molar-refractivity contribution in [1.82, 2.24) is 9.80 Å². The minimum absolute atomic E-state index is 0.134. The van der Waals surface area contributed by atoms with Gasteiger partial charge in [-0.2, -0.15) is 0 Å². The molecule has 0 bridgehead atoms. The fourth-order valence-corrected chi connectivity index (χ4v) is 1.88. The third kappa shape index (κ3) is 3.15. The number of hydrogen-bond donors (Lipinski definition) is 1. The van der Waals surface area contributed by atoms with Gasteiger partial charge >= 0.3 is 0 Å². The second-order valence-electron chi connectivity index (χ2n) is 3.90. The van der Waals surface area contributed by atoms with Crippen molar-refractivity contribution < 1.29 is 9.53 Å². The van der Waals surface area contributed by atoms with Crippen LogP contribution in [0.1, 0.15) is 6.42 Å². The molecule has 1 aliphatic heterocycles. The van der Waals surface area contributed by atoms with Crippen LogP contribution in [0.5, 0.6) is 0 Å². The average Bonchev–Trinajstić information content (AvgIpc) is 2.35. The predicted octanol–water partition coefficient (Wildman–Crippen LogP) is -0.876. The molecule has 0 aromatic heterocycles. The molecule has 15 heavy (non-hydrogen) atoms. The molecule has 5 nitrogen and oxygen atoms in total. The summed E-state index contributed by atoms with van der Waals surface area (Å²) in [6, 6.07) is -0.163. The number of nitrogens with zero attached hydrogens (tertiary/aromatic N) is 2. The summed E-state index contributed by atoms with van der Waals surface area (Å²) in [5.41, 5.74) is 5.62. The smallest absolute Gasteiger partial charge is 0.241 e. The van der Waals surface area contributed by atoms with E-state index in [9.17, 15) is 4.79 Å². The first-order valence-electron chi connectivity index (χ1n) is 5.38. The Hall–Kier alpha value is -0.650. The zero-order valence-electron chi connectivity index (χ0n) is 9.61. The highest BCUT2D eigenvalue weighted by molar-refractivity contribution is 5.82. The molecule has 0 aromatic carbocycles. The van der Waals surface area contributed by atoms with Crippen LogP contribution in [0.25, 0.3) is 0 Å². The molecule has 0 spiro atoms. The summed E-state index contributed by atoms with van der Waals surface area (Å²) in [5.74, 6) is 0.134. The van der Waals surface area contributed by atoms with Gasteiger partial charge in [0.2, 0.25) is 5.91 Å². The van der Waals surface area contributed by atoms with Crippen LogP contribution in [-0.4, -0.2) is 68.7 Å². The Balaban J connectivity index is 2.60. The second-order valence-corrected chi connectivity index (χ2v) is 3.90. The largest absolute Gasteiger partial charge is 0.383 e. The molecule has 0 aromatic rings. The van der Waals surface area contributed by atoms with Crippen LogP contribution in [0.3, 0.4) is 0 Å². The lowest BCUT2D eigenvalue weighted by atomic mass is 10.2. The summed E-state index contributed by atoms with van der Waals surface area (Å²) < 4.78 is 4.99. The minimum Gasteiger partial charge on any atom is -0.383 e. The molecular weight excluding hydrogens is 194 g/mol. The molecule has 1 heterocycles. The SMILES string of the molecule is COCCN1CCCN(C)C(CN)C1=O. The lowest BCUT2D eigenvalue weighted by Crippen LogP contribution is -2.49. The van der Waals surface area contributed by atoms with Crippen molar-refractivity contribution in [3.05, 3.63) is 0 Å². The average molecular weight is 215 g/mol. The van der Waals surface area contributed by atoms with E-state index in [1.807, 2.05) is 16.8 Å². The summed E-state index contributed by atoms with van der Waals surface area (Å²) in [6.07, 6.45) is 1.00. The third-order valence-corrected chi connectivity index (χ3v) is 2.86. The molecule has 0 saturated carbocycles. The number of carbonyl (C=O) groups excluding carboxylic acids is 1. The highest BCUT2D eigenvalue weighted by Crippen LogP contribution is 2.08. The number of amides is 1. The Morgan fingerprint density at radius 2 is 2.27 bits per heavy atom. The number of nitrogens with two attached hydrogens (primary N) is 1. The van der Waals surface area contributed by atoms with E-state index >= 15 is 0 Å². The van der Waals surface area contributed by atoms with E-state index < -0.39 is 0 Å². The molecule has 5 heteroatoms. The molecule has 1 amide bonds. The van der Waals surface area contributed by atoms with Gasteiger partial charge in [0.05, 0.1) is 6.61 Å². The Morgan fingerprint density at radius 3 is 2.87 bits per heavy atom. The first-order chi connectivity index (χ1) is 7.20. The van der Waals surface area contributed by atoms with E-state index in [1.54, 1.807) is 7.11 Å². The van der Waals surface area contributed by atoms with Crippen molar-refractivity contribution in [2.45, 2.75) is 12.5 Å². The van der Waals surface area contributed by atoms with Gasteiger partial charge in [0, 0.05) is 33.3 Å². The van der Waals surface area contributed by atoms with Crippen LogP contribution in [0.15, 0.2) is 0 Å². The van der Waals surface area contributed by atoms with Crippen LogP contribution in [0, 0.1) is 0 Å². The van der Waals surface area contributed by atoms with Crippen molar-refractivity contribution in [2.75, 3.05) is 46.9 Å². The van der Waals surface area contributed by atoms with Crippen molar-refractivity contribution in [1.29, 1.82) is 0 Å². The molecule has 0 radical (unpaired) electrons. The van der Waals surface area contributed by atoms with Gasteiger partial charge in [0.1, 0.15) is 6.04 Å². The van der Waals surface area contributed by atoms with Crippen molar-refractivity contribution in [3.63, 3.8) is 0 Å². The van der Waals surface area contributed by atoms with Gasteiger partial charge in [0.25, 0.3) is 0 Å². The van der Waals surface area contributed by atoms with Crippen molar-refractivity contribution in [2.24, 2.45) is 5.73 Å². The molecule has 1 atom stereocenters. The molecule has 88 valence electrons. The Kier molecular flexibility index (Phi) is 5.01. The van der Waals surface area contributed by atoms with Gasteiger partial charge in [-0.1, -0.05) is 0 Å². The topological polar surface area (TPSA) is 58.8 Å². The highest BCUT2D eigenvalue weighted by Gasteiger charge is 2.28. The van der Waals surface area contributed by atoms with Crippen LogP contribution in [-0.2, 0) is 9.53 Å². The standard InChI is InChI=1S/C10H21N3O2/c1-12-4-3-5-13(6-7-15-2)10(14)9(12)8-11/h9H,3-8,11H2,1-2H3. The fraction of sp³-hybridized carbons (Fsp3) is 0.900. The van der Waals surface area contributed by atoms with E-state index in [0.29, 0.717) is 19.7 Å². The van der Waals surface area contributed by atoms with Crippen LogP contribution in [0.4, 0.5) is 0 Å². The van der Waals surface area contributed by atoms with Gasteiger partial charge in [-0.05, 0) is 13.5 Å². The third-order valence-electron chi connectivity index (χ3n) is 2.86. The van der Waals surface area contributed by atoms with Crippen LogP contribution in [0.2, 0.25) is 0 Å². The number of carbonyl (C=O) groups is 1. The first kappa shape index (κ1) is 12.4. The molecule has 2 N–H and O–H groups in total. The van der Waals surface area contributed by atoms with Gasteiger partial charge in [-0.25, -0.2) is 0 Å². The van der Waals surface area contributed by atoms with E-state index in [0.717, 1.165) is 19.5 Å². The summed E-state index contributed by atoms with van der Waals surface area (Å²) in [6.45, 7) is 3.38. The van der Waals surface area contributed by atoms with Crippen LogP contribution < -0.4 is 5.73 Å². The van der Waals surface area contributed by atoms with Gasteiger partial charge in [0.15, 0.2) is 0 Å². The number of hydrogen-bond acceptors (Lipinski definition) is 4. The number of methoxy groups -OCH3 is 1. The van der Waals surface area contributed by atoms with Gasteiger partial charge < -0.3 is 15.4 Å². The molecule has 1 unspecified atom stereocenters. The maximum atomic E-state index is 12.0. The van der Waals surface area contributed by atoms with Gasteiger partial charge in [-0.3, -0.25) is 9.69 Å². The van der Waals surface area contributed by atoms with E-state index in [-0.39, 0.29) is 11.9 Å². The fourth-order valence-electron chi connectivity index (χ4n) is 1.88. The van der Waals surface area contributed by atoms with Crippen LogP contribution >= 0.6 is 0 Å². The minimum atomic E-state index is -0.163. The second kappa shape index (κ2) is 6.05. The number of ether oxygens (including phenoxy) is 1.